The summed E-state index contributed by atoms with van der Waals surface area (Å²) in [4.78, 5) is 22.4. The lowest BCUT2D eigenvalue weighted by Gasteiger charge is -2.27. The summed E-state index contributed by atoms with van der Waals surface area (Å²) < 4.78 is 25.8. The number of halogens is 1. The Balaban J connectivity index is 1.47. The second-order valence-corrected chi connectivity index (χ2v) is 7.99. The first-order valence-electron chi connectivity index (χ1n) is 9.56. The standard InChI is InChI=1S/C19H27FN6O3/c1-13(22-18(27)29-19(2,3)4)11-28-12-15-23-17-10-25(7-8-26(17)24-15)16-6-5-14(20)9-21-16/h5-6,9,13H,7-8,10-12H2,1-4H3,(H,22,27)/t13-/m0/s1. The van der Waals surface area contributed by atoms with Crippen molar-refractivity contribution in [3.05, 3.63) is 35.8 Å². The molecule has 10 heteroatoms. The number of carbonyl (C=O) groups excluding carboxylic acids is 1. The number of fused-ring (bicyclic) bond motifs is 1. The van der Waals surface area contributed by atoms with Crippen molar-refractivity contribution in [3.8, 4) is 0 Å². The van der Waals surface area contributed by atoms with E-state index in [4.69, 9.17) is 9.47 Å². The van der Waals surface area contributed by atoms with E-state index in [0.717, 1.165) is 5.82 Å². The van der Waals surface area contributed by atoms with E-state index in [9.17, 15) is 9.18 Å². The van der Waals surface area contributed by atoms with Gasteiger partial charge in [-0.1, -0.05) is 0 Å². The van der Waals surface area contributed by atoms with Gasteiger partial charge in [-0.2, -0.15) is 5.10 Å². The number of pyridine rings is 1. The van der Waals surface area contributed by atoms with Crippen molar-refractivity contribution in [3.63, 3.8) is 0 Å². The maximum Gasteiger partial charge on any atom is 0.407 e. The molecule has 2 aromatic heterocycles. The molecule has 1 atom stereocenters. The molecule has 2 aromatic rings. The minimum absolute atomic E-state index is 0.206. The molecule has 0 bridgehead atoms. The highest BCUT2D eigenvalue weighted by atomic mass is 19.1. The number of hydrogen-bond donors (Lipinski definition) is 1. The molecule has 0 spiro atoms. The Morgan fingerprint density at radius 2 is 2.14 bits per heavy atom. The van der Waals surface area contributed by atoms with Gasteiger partial charge in [-0.05, 0) is 39.8 Å². The van der Waals surface area contributed by atoms with Crippen LogP contribution in [0.2, 0.25) is 0 Å². The summed E-state index contributed by atoms with van der Waals surface area (Å²) in [5.41, 5.74) is -0.540. The van der Waals surface area contributed by atoms with E-state index in [1.807, 2.05) is 37.3 Å². The van der Waals surface area contributed by atoms with Gasteiger partial charge in [-0.3, -0.25) is 0 Å². The molecule has 0 radical (unpaired) electrons. The highest BCUT2D eigenvalue weighted by molar-refractivity contribution is 5.68. The molecule has 0 aliphatic carbocycles. The molecule has 0 fully saturated rings. The monoisotopic (exact) mass is 406 g/mol. The Labute approximate surface area is 169 Å². The molecular formula is C19H27FN6O3. The lowest BCUT2D eigenvalue weighted by Crippen LogP contribution is -2.39. The predicted octanol–water partition coefficient (Wildman–Crippen LogP) is 2.26. The highest BCUT2D eigenvalue weighted by Gasteiger charge is 2.21. The summed E-state index contributed by atoms with van der Waals surface area (Å²) in [6.07, 6.45) is 0.735. The van der Waals surface area contributed by atoms with Crippen molar-refractivity contribution in [2.24, 2.45) is 0 Å². The number of nitrogens with zero attached hydrogens (tertiary/aromatic N) is 5. The van der Waals surface area contributed by atoms with E-state index >= 15 is 0 Å². The first-order valence-corrected chi connectivity index (χ1v) is 9.56. The maximum absolute atomic E-state index is 13.1. The second kappa shape index (κ2) is 8.73. The fourth-order valence-corrected chi connectivity index (χ4v) is 2.88. The SMILES string of the molecule is C[C@@H](COCc1nc2n(n1)CCN(c1ccc(F)cn1)C2)NC(=O)OC(C)(C)C. The smallest absolute Gasteiger partial charge is 0.407 e. The van der Waals surface area contributed by atoms with E-state index in [1.165, 1.54) is 12.3 Å². The summed E-state index contributed by atoms with van der Waals surface area (Å²) in [6, 6.07) is 2.85. The van der Waals surface area contributed by atoms with Gasteiger partial charge in [0.25, 0.3) is 0 Å². The van der Waals surface area contributed by atoms with Gasteiger partial charge < -0.3 is 19.7 Å². The van der Waals surface area contributed by atoms with E-state index in [2.05, 4.69) is 20.4 Å². The normalized spacial score (nSPS) is 15.0. The van der Waals surface area contributed by atoms with E-state index in [-0.39, 0.29) is 18.5 Å². The van der Waals surface area contributed by atoms with Crippen LogP contribution in [0, 0.1) is 5.82 Å². The molecule has 9 nitrogen and oxygen atoms in total. The zero-order chi connectivity index (χ0) is 21.0. The van der Waals surface area contributed by atoms with Crippen molar-refractivity contribution >= 4 is 11.9 Å². The molecule has 0 saturated carbocycles. The van der Waals surface area contributed by atoms with E-state index in [0.29, 0.717) is 37.9 Å². The van der Waals surface area contributed by atoms with Crippen LogP contribution >= 0.6 is 0 Å². The Bertz CT molecular complexity index is 833. The lowest BCUT2D eigenvalue weighted by molar-refractivity contribution is 0.0438. The van der Waals surface area contributed by atoms with Gasteiger partial charge in [0, 0.05) is 6.54 Å². The van der Waals surface area contributed by atoms with Gasteiger partial charge in [0.2, 0.25) is 0 Å². The molecule has 1 N–H and O–H groups in total. The molecule has 1 amide bonds. The van der Waals surface area contributed by atoms with Crippen molar-refractivity contribution in [2.75, 3.05) is 18.1 Å². The van der Waals surface area contributed by atoms with Gasteiger partial charge in [0.1, 0.15) is 29.7 Å². The number of aromatic nitrogens is 4. The van der Waals surface area contributed by atoms with Crippen LogP contribution in [0.15, 0.2) is 18.3 Å². The summed E-state index contributed by atoms with van der Waals surface area (Å²) >= 11 is 0. The van der Waals surface area contributed by atoms with Gasteiger partial charge in [-0.15, -0.1) is 0 Å². The number of amides is 1. The van der Waals surface area contributed by atoms with Gasteiger partial charge in [-0.25, -0.2) is 23.8 Å². The van der Waals surface area contributed by atoms with Gasteiger partial charge >= 0.3 is 6.09 Å². The lowest BCUT2D eigenvalue weighted by atomic mass is 10.2. The molecule has 1 aliphatic rings. The van der Waals surface area contributed by atoms with Crippen molar-refractivity contribution < 1.29 is 18.7 Å². The third-order valence-corrected chi connectivity index (χ3v) is 4.10. The van der Waals surface area contributed by atoms with Crippen LogP contribution < -0.4 is 10.2 Å². The number of ether oxygens (including phenoxy) is 2. The third kappa shape index (κ3) is 6.11. The Morgan fingerprint density at radius 1 is 1.34 bits per heavy atom. The number of alkyl carbamates (subject to hydrolysis) is 1. The molecule has 0 saturated heterocycles. The number of hydrogen-bond acceptors (Lipinski definition) is 7. The molecule has 0 unspecified atom stereocenters. The fourth-order valence-electron chi connectivity index (χ4n) is 2.88. The van der Waals surface area contributed by atoms with Crippen LogP contribution in [0.5, 0.6) is 0 Å². The quantitative estimate of drug-likeness (QED) is 0.786. The first kappa shape index (κ1) is 21.0. The molecule has 3 heterocycles. The van der Waals surface area contributed by atoms with Crippen LogP contribution in [-0.2, 0) is 29.2 Å². The van der Waals surface area contributed by atoms with Crippen LogP contribution in [-0.4, -0.2) is 50.6 Å². The second-order valence-electron chi connectivity index (χ2n) is 7.99. The molecule has 0 aromatic carbocycles. The van der Waals surface area contributed by atoms with Crippen LogP contribution in [0.25, 0.3) is 0 Å². The maximum atomic E-state index is 13.1. The van der Waals surface area contributed by atoms with Crippen molar-refractivity contribution in [1.82, 2.24) is 25.1 Å². The zero-order valence-corrected chi connectivity index (χ0v) is 17.2. The topological polar surface area (TPSA) is 94.4 Å². The van der Waals surface area contributed by atoms with Crippen molar-refractivity contribution in [2.45, 2.75) is 59.0 Å². The Kier molecular flexibility index (Phi) is 6.31. The number of rotatable bonds is 6. The minimum Gasteiger partial charge on any atom is -0.444 e. The van der Waals surface area contributed by atoms with Gasteiger partial charge in [0.15, 0.2) is 5.82 Å². The average Bonchev–Trinajstić information content (AvgIpc) is 3.02. The Morgan fingerprint density at radius 3 is 2.83 bits per heavy atom. The number of anilines is 1. The molecular weight excluding hydrogens is 379 g/mol. The number of carbonyl (C=O) groups is 1. The van der Waals surface area contributed by atoms with Gasteiger partial charge in [0.05, 0.1) is 31.9 Å². The van der Waals surface area contributed by atoms with E-state index < -0.39 is 11.7 Å². The van der Waals surface area contributed by atoms with Crippen molar-refractivity contribution in [1.29, 1.82) is 0 Å². The largest absolute Gasteiger partial charge is 0.444 e. The Hall–Kier alpha value is -2.75. The highest BCUT2D eigenvalue weighted by Crippen LogP contribution is 2.18. The predicted molar refractivity (Wildman–Crippen MR) is 104 cm³/mol. The summed E-state index contributed by atoms with van der Waals surface area (Å²) in [5, 5.41) is 7.19. The van der Waals surface area contributed by atoms with Crippen LogP contribution in [0.4, 0.5) is 15.0 Å². The zero-order valence-electron chi connectivity index (χ0n) is 17.2. The molecule has 1 aliphatic heterocycles. The molecule has 29 heavy (non-hydrogen) atoms. The third-order valence-electron chi connectivity index (χ3n) is 4.10. The van der Waals surface area contributed by atoms with Crippen LogP contribution in [0.1, 0.15) is 39.3 Å². The minimum atomic E-state index is -0.540. The van der Waals surface area contributed by atoms with Crippen LogP contribution in [0.3, 0.4) is 0 Å². The fraction of sp³-hybridized carbons (Fsp3) is 0.579. The van der Waals surface area contributed by atoms with E-state index in [1.54, 1.807) is 6.07 Å². The summed E-state index contributed by atoms with van der Waals surface area (Å²) in [6.45, 7) is 9.76. The average molecular weight is 406 g/mol. The molecule has 3 rings (SSSR count). The first-order chi connectivity index (χ1) is 13.7. The summed E-state index contributed by atoms with van der Waals surface area (Å²) in [7, 11) is 0. The number of nitrogens with one attached hydrogen (secondary N) is 1. The molecule has 158 valence electrons. The summed E-state index contributed by atoms with van der Waals surface area (Å²) in [5.74, 6) is 1.74.